The Morgan fingerprint density at radius 2 is 1.56 bits per heavy atom. The van der Waals surface area contributed by atoms with Crippen molar-refractivity contribution in [2.75, 3.05) is 18.0 Å². The molecule has 0 saturated carbocycles. The number of carbonyl (C=O) groups excluding carboxylic acids is 2. The van der Waals surface area contributed by atoms with E-state index in [4.69, 9.17) is 0 Å². The summed E-state index contributed by atoms with van der Waals surface area (Å²) in [6.07, 6.45) is 1.27. The molecule has 3 heteroatoms. The fourth-order valence-corrected chi connectivity index (χ4v) is 1.92. The van der Waals surface area contributed by atoms with Crippen molar-refractivity contribution in [2.24, 2.45) is 0 Å². The molecule has 3 nitrogen and oxygen atoms in total. The molecule has 1 aromatic carbocycles. The average molecular weight is 247 g/mol. The summed E-state index contributed by atoms with van der Waals surface area (Å²) in [5, 5.41) is 0. The molecule has 0 amide bonds. The first-order valence-corrected chi connectivity index (χ1v) is 6.54. The molecule has 1 saturated heterocycles. The third-order valence-corrected chi connectivity index (χ3v) is 2.96. The second kappa shape index (κ2) is 6.94. The smallest absolute Gasteiger partial charge is 0.159 e. The normalized spacial score (nSPS) is 14.8. The summed E-state index contributed by atoms with van der Waals surface area (Å²) in [5.74, 6) is 0.428. The number of hydrogen-bond donors (Lipinski definition) is 0. The molecule has 1 aliphatic heterocycles. The Bertz CT molecular complexity index is 399. The van der Waals surface area contributed by atoms with Crippen molar-refractivity contribution in [3.63, 3.8) is 0 Å². The van der Waals surface area contributed by atoms with Gasteiger partial charge >= 0.3 is 0 Å². The predicted molar refractivity (Wildman–Crippen MR) is 74.2 cm³/mol. The van der Waals surface area contributed by atoms with Gasteiger partial charge in [0.2, 0.25) is 0 Å². The molecule has 0 N–H and O–H groups in total. The molecule has 0 spiro atoms. The Labute approximate surface area is 109 Å². The lowest BCUT2D eigenvalue weighted by molar-refractivity contribution is -0.119. The zero-order chi connectivity index (χ0) is 13.5. The Morgan fingerprint density at radius 1 is 1.06 bits per heavy atom. The summed E-state index contributed by atoms with van der Waals surface area (Å²) >= 11 is 0. The Morgan fingerprint density at radius 3 is 2.00 bits per heavy atom. The monoisotopic (exact) mass is 247 g/mol. The van der Waals surface area contributed by atoms with Crippen LogP contribution in [0.4, 0.5) is 5.69 Å². The lowest BCUT2D eigenvalue weighted by Gasteiger charge is -2.28. The van der Waals surface area contributed by atoms with E-state index in [9.17, 15) is 9.59 Å². The van der Waals surface area contributed by atoms with Crippen LogP contribution in [-0.2, 0) is 4.79 Å². The molecule has 0 aromatic heterocycles. The summed E-state index contributed by atoms with van der Waals surface area (Å²) < 4.78 is 0. The number of piperidine rings is 1. The van der Waals surface area contributed by atoms with Crippen molar-refractivity contribution in [1.82, 2.24) is 0 Å². The highest BCUT2D eigenvalue weighted by atomic mass is 16.1. The molecular weight excluding hydrogens is 226 g/mol. The van der Waals surface area contributed by atoms with Crippen LogP contribution in [0.2, 0.25) is 0 Å². The minimum absolute atomic E-state index is 0.0837. The molecule has 1 heterocycles. The van der Waals surface area contributed by atoms with E-state index in [0.29, 0.717) is 18.6 Å². The van der Waals surface area contributed by atoms with Crippen molar-refractivity contribution < 1.29 is 9.59 Å². The van der Waals surface area contributed by atoms with Crippen molar-refractivity contribution in [1.29, 1.82) is 0 Å². The number of rotatable bonds is 2. The van der Waals surface area contributed by atoms with Gasteiger partial charge in [-0.05, 0) is 31.2 Å². The third-order valence-electron chi connectivity index (χ3n) is 2.96. The number of benzene rings is 1. The molecule has 98 valence electrons. The van der Waals surface area contributed by atoms with Crippen molar-refractivity contribution in [2.45, 2.75) is 33.6 Å². The van der Waals surface area contributed by atoms with E-state index in [1.54, 1.807) is 6.92 Å². The van der Waals surface area contributed by atoms with Gasteiger partial charge in [-0.2, -0.15) is 0 Å². The van der Waals surface area contributed by atoms with E-state index < -0.39 is 0 Å². The SMILES string of the molecule is CC.CC(=O)c1ccc(N2CCC(=O)CC2)cc1. The van der Waals surface area contributed by atoms with Gasteiger partial charge < -0.3 is 4.90 Å². The van der Waals surface area contributed by atoms with Crippen LogP contribution < -0.4 is 4.90 Å². The minimum atomic E-state index is 0.0837. The third kappa shape index (κ3) is 3.69. The van der Waals surface area contributed by atoms with Gasteiger partial charge in [-0.15, -0.1) is 0 Å². The van der Waals surface area contributed by atoms with Crippen LogP contribution >= 0.6 is 0 Å². The number of anilines is 1. The Kier molecular flexibility index (Phi) is 5.56. The van der Waals surface area contributed by atoms with Crippen LogP contribution in [0.5, 0.6) is 0 Å². The molecule has 1 aromatic rings. The first-order chi connectivity index (χ1) is 8.66. The summed E-state index contributed by atoms with van der Waals surface area (Å²) in [6.45, 7) is 7.14. The highest BCUT2D eigenvalue weighted by molar-refractivity contribution is 5.94. The van der Waals surface area contributed by atoms with Crippen LogP contribution in [0.3, 0.4) is 0 Å². The van der Waals surface area contributed by atoms with E-state index in [-0.39, 0.29) is 5.78 Å². The zero-order valence-electron chi connectivity index (χ0n) is 11.4. The fourth-order valence-electron chi connectivity index (χ4n) is 1.92. The summed E-state index contributed by atoms with van der Waals surface area (Å²) in [4.78, 5) is 24.4. The summed E-state index contributed by atoms with van der Waals surface area (Å²) in [7, 11) is 0. The maximum absolute atomic E-state index is 11.1. The number of nitrogens with zero attached hydrogens (tertiary/aromatic N) is 1. The maximum Gasteiger partial charge on any atom is 0.159 e. The van der Waals surface area contributed by atoms with E-state index in [2.05, 4.69) is 4.90 Å². The molecule has 1 aliphatic rings. The number of hydrogen-bond acceptors (Lipinski definition) is 3. The van der Waals surface area contributed by atoms with Crippen LogP contribution in [0.15, 0.2) is 24.3 Å². The molecule has 0 aliphatic carbocycles. The van der Waals surface area contributed by atoms with Crippen LogP contribution in [0.1, 0.15) is 44.0 Å². The molecule has 18 heavy (non-hydrogen) atoms. The largest absolute Gasteiger partial charge is 0.371 e. The van der Waals surface area contributed by atoms with Gasteiger partial charge in [-0.1, -0.05) is 13.8 Å². The summed E-state index contributed by atoms with van der Waals surface area (Å²) in [6, 6.07) is 7.58. The number of Topliss-reactive ketones (excluding diaryl/α,β-unsaturated/α-hetero) is 2. The molecular formula is C15H21NO2. The topological polar surface area (TPSA) is 37.4 Å². The molecule has 1 fully saturated rings. The van der Waals surface area contributed by atoms with Crippen LogP contribution in [0, 0.1) is 0 Å². The standard InChI is InChI=1S/C13H15NO2.C2H6/c1-10(15)11-2-4-12(5-3-11)14-8-6-13(16)7-9-14;1-2/h2-5H,6-9H2,1H3;1-2H3. The number of carbonyl (C=O) groups is 2. The highest BCUT2D eigenvalue weighted by Crippen LogP contribution is 2.19. The van der Waals surface area contributed by atoms with Gasteiger partial charge in [-0.3, -0.25) is 9.59 Å². The van der Waals surface area contributed by atoms with Gasteiger partial charge in [0.1, 0.15) is 5.78 Å². The zero-order valence-corrected chi connectivity index (χ0v) is 11.4. The van der Waals surface area contributed by atoms with Gasteiger partial charge in [-0.25, -0.2) is 0 Å². The van der Waals surface area contributed by atoms with Gasteiger partial charge in [0.05, 0.1) is 0 Å². The van der Waals surface area contributed by atoms with E-state index in [1.807, 2.05) is 38.1 Å². The molecule has 0 radical (unpaired) electrons. The molecule has 0 bridgehead atoms. The molecule has 2 rings (SSSR count). The molecule has 0 unspecified atom stereocenters. The minimum Gasteiger partial charge on any atom is -0.371 e. The first-order valence-electron chi connectivity index (χ1n) is 6.54. The van der Waals surface area contributed by atoms with Crippen molar-refractivity contribution >= 4 is 17.3 Å². The van der Waals surface area contributed by atoms with Gasteiger partial charge in [0, 0.05) is 37.2 Å². The van der Waals surface area contributed by atoms with E-state index in [0.717, 1.165) is 24.3 Å². The van der Waals surface area contributed by atoms with Crippen LogP contribution in [0.25, 0.3) is 0 Å². The highest BCUT2D eigenvalue weighted by Gasteiger charge is 2.16. The lowest BCUT2D eigenvalue weighted by Crippen LogP contribution is -2.33. The summed E-state index contributed by atoms with van der Waals surface area (Å²) in [5.41, 5.74) is 1.83. The second-order valence-corrected chi connectivity index (χ2v) is 4.13. The lowest BCUT2D eigenvalue weighted by atomic mass is 10.1. The average Bonchev–Trinajstić information content (AvgIpc) is 2.42. The van der Waals surface area contributed by atoms with Crippen LogP contribution in [-0.4, -0.2) is 24.7 Å². The fraction of sp³-hybridized carbons (Fsp3) is 0.467. The van der Waals surface area contributed by atoms with Gasteiger partial charge in [0.15, 0.2) is 5.78 Å². The Balaban J connectivity index is 0.000000771. The predicted octanol–water partition coefficient (Wildman–Crippen LogP) is 3.08. The van der Waals surface area contributed by atoms with E-state index >= 15 is 0 Å². The van der Waals surface area contributed by atoms with Crippen molar-refractivity contribution in [3.05, 3.63) is 29.8 Å². The quantitative estimate of drug-likeness (QED) is 0.754. The first kappa shape index (κ1) is 14.4. The van der Waals surface area contributed by atoms with Crippen molar-refractivity contribution in [3.8, 4) is 0 Å². The molecule has 0 atom stereocenters. The van der Waals surface area contributed by atoms with E-state index in [1.165, 1.54) is 0 Å². The number of ketones is 2. The maximum atomic E-state index is 11.1. The second-order valence-electron chi connectivity index (χ2n) is 4.13. The van der Waals surface area contributed by atoms with Gasteiger partial charge in [0.25, 0.3) is 0 Å². The Hall–Kier alpha value is -1.64.